The molecule has 2 rings (SSSR count). The van der Waals surface area contributed by atoms with E-state index in [4.69, 9.17) is 5.26 Å². The van der Waals surface area contributed by atoms with Gasteiger partial charge in [0.25, 0.3) is 0 Å². The predicted molar refractivity (Wildman–Crippen MR) is 70.2 cm³/mol. The maximum absolute atomic E-state index is 9.07. The van der Waals surface area contributed by atoms with Crippen molar-refractivity contribution in [3.05, 3.63) is 51.5 Å². The normalized spacial score (nSPS) is 10.5. The highest BCUT2D eigenvalue weighted by atomic mass is 32.1. The number of thiazole rings is 1. The summed E-state index contributed by atoms with van der Waals surface area (Å²) in [6.07, 6.45) is 0.812. The molecule has 0 atom stereocenters. The molecule has 2 nitrogen and oxygen atoms in total. The van der Waals surface area contributed by atoms with Crippen LogP contribution in [0.25, 0.3) is 0 Å². The molecule has 1 aromatic heterocycles. The van der Waals surface area contributed by atoms with E-state index in [1.54, 1.807) is 0 Å². The summed E-state index contributed by atoms with van der Waals surface area (Å²) >= 11 is 1.51. The van der Waals surface area contributed by atoms with Crippen LogP contribution in [0.3, 0.4) is 0 Å². The molecule has 0 unspecified atom stereocenters. The second-order valence-electron chi connectivity index (χ2n) is 4.25. The van der Waals surface area contributed by atoms with Gasteiger partial charge in [0.05, 0.1) is 10.7 Å². The zero-order chi connectivity index (χ0) is 12.3. The Bertz CT molecular complexity index is 535. The summed E-state index contributed by atoms with van der Waals surface area (Å²) in [6, 6.07) is 12.5. The second-order valence-corrected chi connectivity index (χ2v) is 5.33. The molecule has 0 radical (unpaired) electrons. The molecule has 0 fully saturated rings. The molecule has 0 aliphatic rings. The fourth-order valence-electron chi connectivity index (χ4n) is 1.70. The summed E-state index contributed by atoms with van der Waals surface area (Å²) in [4.78, 5) is 5.33. The van der Waals surface area contributed by atoms with E-state index in [0.717, 1.165) is 22.0 Å². The molecule has 0 aliphatic carbocycles. The van der Waals surface area contributed by atoms with Gasteiger partial charge in [-0.25, -0.2) is 4.98 Å². The first-order valence-corrected chi connectivity index (χ1v) is 6.46. The Balaban J connectivity index is 2.27. The fourth-order valence-corrected chi connectivity index (χ4v) is 2.75. The van der Waals surface area contributed by atoms with E-state index < -0.39 is 0 Å². The zero-order valence-corrected chi connectivity index (χ0v) is 10.8. The van der Waals surface area contributed by atoms with Gasteiger partial charge in [0.2, 0.25) is 0 Å². The molecule has 86 valence electrons. The molecule has 2 aromatic rings. The SMILES string of the molecule is CC(C)c1nc(Cc2ccccc2)sc1C#N. The lowest BCUT2D eigenvalue weighted by atomic mass is 10.1. The van der Waals surface area contributed by atoms with Crippen LogP contribution in [0.2, 0.25) is 0 Å². The van der Waals surface area contributed by atoms with Crippen molar-refractivity contribution in [2.45, 2.75) is 26.2 Å². The van der Waals surface area contributed by atoms with E-state index in [2.05, 4.69) is 37.0 Å². The third-order valence-corrected chi connectivity index (χ3v) is 3.52. The molecule has 0 saturated heterocycles. The lowest BCUT2D eigenvalue weighted by Gasteiger charge is -1.99. The molecule has 1 aromatic carbocycles. The number of aromatic nitrogens is 1. The maximum Gasteiger partial charge on any atom is 0.128 e. The predicted octanol–water partition coefficient (Wildman–Crippen LogP) is 3.73. The highest BCUT2D eigenvalue weighted by Gasteiger charge is 2.13. The minimum absolute atomic E-state index is 0.311. The second kappa shape index (κ2) is 5.11. The summed E-state index contributed by atoms with van der Waals surface area (Å²) in [5.74, 6) is 0.311. The van der Waals surface area contributed by atoms with Gasteiger partial charge in [0.1, 0.15) is 10.9 Å². The van der Waals surface area contributed by atoms with Gasteiger partial charge in [-0.15, -0.1) is 11.3 Å². The first-order valence-electron chi connectivity index (χ1n) is 5.64. The Labute approximate surface area is 106 Å². The van der Waals surface area contributed by atoms with E-state index in [-0.39, 0.29) is 0 Å². The van der Waals surface area contributed by atoms with Crippen LogP contribution in [0.4, 0.5) is 0 Å². The molecule has 17 heavy (non-hydrogen) atoms. The Morgan fingerprint density at radius 1 is 1.29 bits per heavy atom. The van der Waals surface area contributed by atoms with Crippen molar-refractivity contribution in [3.8, 4) is 6.07 Å². The summed E-state index contributed by atoms with van der Waals surface area (Å²) in [7, 11) is 0. The number of rotatable bonds is 3. The topological polar surface area (TPSA) is 36.7 Å². The molecule has 0 saturated carbocycles. The van der Waals surface area contributed by atoms with Gasteiger partial charge in [-0.3, -0.25) is 0 Å². The third kappa shape index (κ3) is 2.72. The van der Waals surface area contributed by atoms with E-state index in [0.29, 0.717) is 5.92 Å². The summed E-state index contributed by atoms with van der Waals surface area (Å²) < 4.78 is 0. The quantitative estimate of drug-likeness (QED) is 0.822. The van der Waals surface area contributed by atoms with Crippen LogP contribution in [0.15, 0.2) is 30.3 Å². The molecular weight excluding hydrogens is 228 g/mol. The van der Waals surface area contributed by atoms with Crippen LogP contribution in [0.5, 0.6) is 0 Å². The van der Waals surface area contributed by atoms with Crippen LogP contribution >= 0.6 is 11.3 Å². The first-order chi connectivity index (χ1) is 8.20. The lowest BCUT2D eigenvalue weighted by molar-refractivity contribution is 0.822. The van der Waals surface area contributed by atoms with Crippen molar-refractivity contribution in [2.24, 2.45) is 0 Å². The van der Waals surface area contributed by atoms with Crippen molar-refractivity contribution >= 4 is 11.3 Å². The molecule has 0 N–H and O–H groups in total. The van der Waals surface area contributed by atoms with Crippen LogP contribution in [-0.2, 0) is 6.42 Å². The monoisotopic (exact) mass is 242 g/mol. The van der Waals surface area contributed by atoms with Crippen LogP contribution in [0, 0.1) is 11.3 Å². The standard InChI is InChI=1S/C14H14N2S/c1-10(2)14-12(9-15)17-13(16-14)8-11-6-4-3-5-7-11/h3-7,10H,8H2,1-2H3. The van der Waals surface area contributed by atoms with Crippen molar-refractivity contribution in [3.63, 3.8) is 0 Å². The number of hydrogen-bond donors (Lipinski definition) is 0. The van der Waals surface area contributed by atoms with E-state index in [1.165, 1.54) is 16.9 Å². The van der Waals surface area contributed by atoms with Crippen LogP contribution in [0.1, 0.15) is 40.9 Å². The Morgan fingerprint density at radius 2 is 2.00 bits per heavy atom. The van der Waals surface area contributed by atoms with Crippen molar-refractivity contribution in [1.29, 1.82) is 5.26 Å². The number of benzene rings is 1. The maximum atomic E-state index is 9.07. The average molecular weight is 242 g/mol. The summed E-state index contributed by atoms with van der Waals surface area (Å²) in [5.41, 5.74) is 2.17. The molecule has 0 spiro atoms. The highest BCUT2D eigenvalue weighted by Crippen LogP contribution is 2.25. The van der Waals surface area contributed by atoms with Gasteiger partial charge in [-0.1, -0.05) is 44.2 Å². The average Bonchev–Trinajstić information content (AvgIpc) is 2.73. The van der Waals surface area contributed by atoms with Crippen LogP contribution in [-0.4, -0.2) is 4.98 Å². The Hall–Kier alpha value is -1.66. The van der Waals surface area contributed by atoms with Gasteiger partial charge < -0.3 is 0 Å². The third-order valence-electron chi connectivity index (χ3n) is 2.54. The smallest absolute Gasteiger partial charge is 0.128 e. The Kier molecular flexibility index (Phi) is 3.55. The van der Waals surface area contributed by atoms with Crippen molar-refractivity contribution < 1.29 is 0 Å². The van der Waals surface area contributed by atoms with Gasteiger partial charge in [0.15, 0.2) is 0 Å². The first kappa shape index (κ1) is 11.8. The zero-order valence-electron chi connectivity index (χ0n) is 9.97. The molecule has 0 bridgehead atoms. The summed E-state index contributed by atoms with van der Waals surface area (Å²) in [6.45, 7) is 4.14. The largest absolute Gasteiger partial charge is 0.244 e. The lowest BCUT2D eigenvalue weighted by Crippen LogP contribution is -1.92. The Morgan fingerprint density at radius 3 is 2.53 bits per heavy atom. The molecule has 0 amide bonds. The van der Waals surface area contributed by atoms with Crippen LogP contribution < -0.4 is 0 Å². The number of hydrogen-bond acceptors (Lipinski definition) is 3. The molecular formula is C14H14N2S. The minimum Gasteiger partial charge on any atom is -0.244 e. The van der Waals surface area contributed by atoms with Gasteiger partial charge in [-0.2, -0.15) is 5.26 Å². The number of nitrogens with zero attached hydrogens (tertiary/aromatic N) is 2. The minimum atomic E-state index is 0.311. The molecule has 3 heteroatoms. The summed E-state index contributed by atoms with van der Waals surface area (Å²) in [5, 5.41) is 10.1. The van der Waals surface area contributed by atoms with Crippen molar-refractivity contribution in [2.75, 3.05) is 0 Å². The fraction of sp³-hybridized carbons (Fsp3) is 0.286. The van der Waals surface area contributed by atoms with E-state index >= 15 is 0 Å². The van der Waals surface area contributed by atoms with Crippen molar-refractivity contribution in [1.82, 2.24) is 4.98 Å². The van der Waals surface area contributed by atoms with Gasteiger partial charge in [-0.05, 0) is 11.5 Å². The van der Waals surface area contributed by atoms with E-state index in [9.17, 15) is 0 Å². The van der Waals surface area contributed by atoms with E-state index in [1.807, 2.05) is 18.2 Å². The molecule has 0 aliphatic heterocycles. The van der Waals surface area contributed by atoms with Gasteiger partial charge in [0, 0.05) is 6.42 Å². The number of nitriles is 1. The molecule has 1 heterocycles. The van der Waals surface area contributed by atoms with Gasteiger partial charge >= 0.3 is 0 Å². The highest BCUT2D eigenvalue weighted by molar-refractivity contribution is 7.12.